The minimum Gasteiger partial charge on any atom is -0.507 e. The van der Waals surface area contributed by atoms with Gasteiger partial charge in [0.2, 0.25) is 0 Å². The van der Waals surface area contributed by atoms with E-state index in [1.807, 2.05) is 0 Å². The average Bonchev–Trinajstić information content (AvgIpc) is 2.53. The maximum absolute atomic E-state index is 10.4. The molecular weight excluding hydrogens is 283 g/mol. The number of benzene rings is 1. The molecular formula is C19H31BN2O. The number of hydrogen-bond acceptors (Lipinski definition) is 3. The molecule has 2 heterocycles. The number of aromatic hydroxyl groups is 1. The highest BCUT2D eigenvalue weighted by atomic mass is 16.3. The second kappa shape index (κ2) is 7.72. The lowest BCUT2D eigenvalue weighted by atomic mass is 9.86. The Kier molecular flexibility index (Phi) is 5.65. The molecule has 1 aromatic carbocycles. The molecule has 2 aliphatic heterocycles. The molecule has 2 fully saturated rings. The van der Waals surface area contributed by atoms with Gasteiger partial charge in [0.25, 0.3) is 0 Å². The zero-order valence-corrected chi connectivity index (χ0v) is 14.8. The molecule has 2 aliphatic rings. The molecule has 0 spiro atoms. The van der Waals surface area contributed by atoms with E-state index < -0.39 is 0 Å². The maximum atomic E-state index is 10.4. The van der Waals surface area contributed by atoms with E-state index in [1.165, 1.54) is 51.1 Å². The summed E-state index contributed by atoms with van der Waals surface area (Å²) >= 11 is 0. The van der Waals surface area contributed by atoms with Gasteiger partial charge in [0.15, 0.2) is 0 Å². The first-order valence-electron chi connectivity index (χ1n) is 9.40. The lowest BCUT2D eigenvalue weighted by molar-refractivity contribution is 0.0747. The SMILES string of the molecule is BCCc1ccc(CC2CN(CC3CCNCC3)C2)c(C)c1O. The van der Waals surface area contributed by atoms with E-state index in [0.29, 0.717) is 5.75 Å². The molecule has 3 rings (SSSR count). The minimum atomic E-state index is 0.537. The Morgan fingerprint density at radius 3 is 2.57 bits per heavy atom. The molecule has 2 saturated heterocycles. The van der Waals surface area contributed by atoms with Gasteiger partial charge in [-0.3, -0.25) is 0 Å². The molecule has 0 aromatic heterocycles. The van der Waals surface area contributed by atoms with Gasteiger partial charge in [-0.25, -0.2) is 0 Å². The predicted octanol–water partition coefficient (Wildman–Crippen LogP) is 1.77. The van der Waals surface area contributed by atoms with E-state index in [1.54, 1.807) is 0 Å². The van der Waals surface area contributed by atoms with Gasteiger partial charge in [-0.15, -0.1) is 0 Å². The number of likely N-dealkylation sites (tertiary alicyclic amines) is 1. The zero-order valence-electron chi connectivity index (χ0n) is 14.8. The second-order valence-corrected chi connectivity index (χ2v) is 7.59. The molecule has 0 radical (unpaired) electrons. The van der Waals surface area contributed by atoms with Gasteiger partial charge < -0.3 is 15.3 Å². The summed E-state index contributed by atoms with van der Waals surface area (Å²) in [5.41, 5.74) is 3.55. The number of nitrogens with one attached hydrogen (secondary N) is 1. The maximum Gasteiger partial charge on any atom is 0.121 e. The first-order valence-corrected chi connectivity index (χ1v) is 9.40. The summed E-state index contributed by atoms with van der Waals surface area (Å²) < 4.78 is 0. The number of phenolic OH excluding ortho intramolecular Hbond substituents is 1. The van der Waals surface area contributed by atoms with E-state index in [0.717, 1.165) is 42.1 Å². The summed E-state index contributed by atoms with van der Waals surface area (Å²) in [6.45, 7) is 8.24. The minimum absolute atomic E-state index is 0.537. The van der Waals surface area contributed by atoms with Crippen molar-refractivity contribution in [1.29, 1.82) is 0 Å². The van der Waals surface area contributed by atoms with Crippen molar-refractivity contribution in [3.05, 3.63) is 28.8 Å². The Morgan fingerprint density at radius 2 is 1.87 bits per heavy atom. The number of hydrogen-bond donors (Lipinski definition) is 2. The molecule has 126 valence electrons. The van der Waals surface area contributed by atoms with Crippen molar-refractivity contribution in [2.24, 2.45) is 11.8 Å². The lowest BCUT2D eigenvalue weighted by Crippen LogP contribution is -2.50. The highest BCUT2D eigenvalue weighted by molar-refractivity contribution is 6.08. The molecule has 2 N–H and O–H groups in total. The van der Waals surface area contributed by atoms with Crippen LogP contribution < -0.4 is 5.32 Å². The van der Waals surface area contributed by atoms with Crippen LogP contribution in [0.2, 0.25) is 6.32 Å². The van der Waals surface area contributed by atoms with Crippen molar-refractivity contribution in [2.75, 3.05) is 32.7 Å². The fourth-order valence-corrected chi connectivity index (χ4v) is 4.19. The van der Waals surface area contributed by atoms with Crippen molar-refractivity contribution >= 4 is 7.85 Å². The van der Waals surface area contributed by atoms with E-state index in [2.05, 4.69) is 37.1 Å². The van der Waals surface area contributed by atoms with Gasteiger partial charge in [-0.05, 0) is 74.2 Å². The fourth-order valence-electron chi connectivity index (χ4n) is 4.19. The van der Waals surface area contributed by atoms with Crippen molar-refractivity contribution < 1.29 is 5.11 Å². The van der Waals surface area contributed by atoms with Gasteiger partial charge in [-0.2, -0.15) is 0 Å². The highest BCUT2D eigenvalue weighted by Crippen LogP contribution is 2.30. The van der Waals surface area contributed by atoms with Crippen LogP contribution in [0.25, 0.3) is 0 Å². The van der Waals surface area contributed by atoms with Gasteiger partial charge >= 0.3 is 0 Å². The molecule has 0 amide bonds. The van der Waals surface area contributed by atoms with Crippen LogP contribution in [0.4, 0.5) is 0 Å². The molecule has 0 atom stereocenters. The molecule has 0 saturated carbocycles. The van der Waals surface area contributed by atoms with Gasteiger partial charge in [0, 0.05) is 19.6 Å². The number of piperidine rings is 1. The van der Waals surface area contributed by atoms with E-state index in [9.17, 15) is 5.11 Å². The third kappa shape index (κ3) is 4.10. The Bertz CT molecular complexity index is 522. The summed E-state index contributed by atoms with van der Waals surface area (Å²) in [6, 6.07) is 4.38. The molecule has 1 aromatic rings. The first kappa shape index (κ1) is 16.8. The molecule has 3 nitrogen and oxygen atoms in total. The van der Waals surface area contributed by atoms with Crippen LogP contribution in [0.3, 0.4) is 0 Å². The second-order valence-electron chi connectivity index (χ2n) is 7.59. The fraction of sp³-hybridized carbons (Fsp3) is 0.684. The lowest BCUT2D eigenvalue weighted by Gasteiger charge is -2.42. The standard InChI is InChI=1S/C19H31BN2O/c1-14-18(3-2-17(4-7-20)19(14)23)10-16-12-22(13-16)11-15-5-8-21-9-6-15/h2-3,15-16,21,23H,4-13,20H2,1H3. The van der Waals surface area contributed by atoms with E-state index >= 15 is 0 Å². The van der Waals surface area contributed by atoms with Crippen LogP contribution in [0.15, 0.2) is 12.1 Å². The Balaban J connectivity index is 1.48. The third-order valence-corrected chi connectivity index (χ3v) is 5.66. The van der Waals surface area contributed by atoms with Crippen LogP contribution >= 0.6 is 0 Å². The normalized spacial score (nSPS) is 20.6. The summed E-state index contributed by atoms with van der Waals surface area (Å²) in [4.78, 5) is 2.63. The molecule has 23 heavy (non-hydrogen) atoms. The van der Waals surface area contributed by atoms with Crippen LogP contribution in [-0.4, -0.2) is 50.6 Å². The largest absolute Gasteiger partial charge is 0.507 e. The Hall–Kier alpha value is -0.995. The number of phenols is 1. The molecule has 0 bridgehead atoms. The van der Waals surface area contributed by atoms with Gasteiger partial charge in [0.05, 0.1) is 0 Å². The smallest absolute Gasteiger partial charge is 0.121 e. The summed E-state index contributed by atoms with van der Waals surface area (Å²) in [6.07, 6.45) is 5.86. The van der Waals surface area contributed by atoms with Crippen LogP contribution in [0.1, 0.15) is 29.5 Å². The number of nitrogens with zero attached hydrogens (tertiary/aromatic N) is 1. The van der Waals surface area contributed by atoms with E-state index in [4.69, 9.17) is 0 Å². The average molecular weight is 314 g/mol. The number of rotatable bonds is 6. The Morgan fingerprint density at radius 1 is 1.17 bits per heavy atom. The van der Waals surface area contributed by atoms with Crippen molar-refractivity contribution in [3.8, 4) is 5.75 Å². The topological polar surface area (TPSA) is 35.5 Å². The van der Waals surface area contributed by atoms with Crippen molar-refractivity contribution in [2.45, 2.75) is 38.9 Å². The third-order valence-electron chi connectivity index (χ3n) is 5.66. The zero-order chi connectivity index (χ0) is 16.2. The Labute approximate surface area is 141 Å². The molecule has 4 heteroatoms. The first-order chi connectivity index (χ1) is 11.2. The van der Waals surface area contributed by atoms with Crippen LogP contribution in [0.5, 0.6) is 5.75 Å². The quantitative estimate of drug-likeness (QED) is 0.786. The van der Waals surface area contributed by atoms with Crippen molar-refractivity contribution in [3.63, 3.8) is 0 Å². The van der Waals surface area contributed by atoms with Crippen LogP contribution in [0, 0.1) is 18.8 Å². The summed E-state index contributed by atoms with van der Waals surface area (Å²) in [5.74, 6) is 2.21. The summed E-state index contributed by atoms with van der Waals surface area (Å²) in [5, 5.41) is 13.8. The highest BCUT2D eigenvalue weighted by Gasteiger charge is 2.29. The van der Waals surface area contributed by atoms with E-state index in [-0.39, 0.29) is 0 Å². The monoisotopic (exact) mass is 314 g/mol. The number of aryl methyl sites for hydroxylation is 1. The van der Waals surface area contributed by atoms with Gasteiger partial charge in [0.1, 0.15) is 13.6 Å². The molecule has 0 aliphatic carbocycles. The summed E-state index contributed by atoms with van der Waals surface area (Å²) in [7, 11) is 2.16. The van der Waals surface area contributed by atoms with Crippen molar-refractivity contribution in [1.82, 2.24) is 10.2 Å². The van der Waals surface area contributed by atoms with Crippen LogP contribution in [-0.2, 0) is 12.8 Å². The van der Waals surface area contributed by atoms with Gasteiger partial charge in [-0.1, -0.05) is 18.5 Å². The molecule has 0 unspecified atom stereocenters. The predicted molar refractivity (Wildman–Crippen MR) is 99.1 cm³/mol.